The van der Waals surface area contributed by atoms with Crippen LogP contribution < -0.4 is 4.74 Å². The summed E-state index contributed by atoms with van der Waals surface area (Å²) < 4.78 is 40.6. The lowest BCUT2D eigenvalue weighted by Gasteiger charge is -2.07. The Morgan fingerprint density at radius 2 is 2.07 bits per heavy atom. The Bertz CT molecular complexity index is 494. The Hall–Kier alpha value is -0.950. The van der Waals surface area contributed by atoms with Gasteiger partial charge in [-0.15, -0.1) is 37.1 Å². The molecule has 0 fully saturated rings. The van der Waals surface area contributed by atoms with E-state index < -0.39 is 6.36 Å². The van der Waals surface area contributed by atoms with Crippen molar-refractivity contribution in [2.24, 2.45) is 0 Å². The van der Waals surface area contributed by atoms with Gasteiger partial charge in [-0.25, -0.2) is 4.98 Å². The second kappa shape index (κ2) is 3.57. The summed E-state index contributed by atoms with van der Waals surface area (Å²) in [6, 6.07) is 3.98. The molecule has 0 aliphatic rings. The van der Waals surface area contributed by atoms with Crippen LogP contribution in [0.4, 0.5) is 13.2 Å². The minimum absolute atomic E-state index is 0.244. The highest BCUT2D eigenvalue weighted by Gasteiger charge is 2.31. The van der Waals surface area contributed by atoms with Gasteiger partial charge in [0.2, 0.25) is 0 Å². The van der Waals surface area contributed by atoms with Gasteiger partial charge < -0.3 is 4.74 Å². The second-order valence-electron chi connectivity index (χ2n) is 2.67. The summed E-state index contributed by atoms with van der Waals surface area (Å²) in [6.45, 7) is 0. The summed E-state index contributed by atoms with van der Waals surface area (Å²) in [6.07, 6.45) is -4.66. The average Bonchev–Trinajstić information content (AvgIpc) is 2.40. The molecule has 1 aromatic heterocycles. The van der Waals surface area contributed by atoms with Crippen LogP contribution in [0.15, 0.2) is 22.5 Å². The number of aromatic nitrogens is 1. The molecule has 0 aliphatic carbocycles. The van der Waals surface area contributed by atoms with Crippen molar-refractivity contribution in [3.8, 4) is 5.75 Å². The fourth-order valence-electron chi connectivity index (χ4n) is 1.09. The van der Waals surface area contributed by atoms with Gasteiger partial charge in [-0.2, -0.15) is 0 Å². The molecule has 0 unspecified atom stereocenters. The molecule has 7 heteroatoms. The van der Waals surface area contributed by atoms with Crippen molar-refractivity contribution in [3.05, 3.63) is 18.2 Å². The van der Waals surface area contributed by atoms with E-state index in [1.54, 1.807) is 0 Å². The Morgan fingerprint density at radius 1 is 1.33 bits per heavy atom. The Labute approximate surface area is 92.1 Å². The van der Waals surface area contributed by atoms with Crippen LogP contribution in [0.3, 0.4) is 0 Å². The standard InChI is InChI=1S/C8H4F3NOS2/c9-8(10,11)13-4-1-2-5-6(3-4)15-7(14)12-5/h1-3H,(H,12,14). The van der Waals surface area contributed by atoms with Crippen molar-refractivity contribution in [3.63, 3.8) is 0 Å². The van der Waals surface area contributed by atoms with Gasteiger partial charge in [-0.05, 0) is 18.2 Å². The van der Waals surface area contributed by atoms with Gasteiger partial charge in [0.05, 0.1) is 10.2 Å². The van der Waals surface area contributed by atoms with E-state index in [9.17, 15) is 13.2 Å². The molecule has 2 rings (SSSR count). The molecule has 1 aromatic carbocycles. The van der Waals surface area contributed by atoms with Crippen molar-refractivity contribution in [2.75, 3.05) is 0 Å². The zero-order valence-electron chi connectivity index (χ0n) is 7.08. The van der Waals surface area contributed by atoms with Crippen LogP contribution in [0, 0.1) is 0 Å². The molecule has 0 spiro atoms. The molecule has 0 N–H and O–H groups in total. The topological polar surface area (TPSA) is 22.1 Å². The predicted molar refractivity (Wildman–Crippen MR) is 53.6 cm³/mol. The first-order chi connectivity index (χ1) is 6.94. The maximum Gasteiger partial charge on any atom is 0.573 e. The largest absolute Gasteiger partial charge is 0.573 e. The molecule has 0 aliphatic heterocycles. The molecule has 0 bridgehead atoms. The number of hydrogen-bond donors (Lipinski definition) is 1. The van der Waals surface area contributed by atoms with Crippen LogP contribution in [0.5, 0.6) is 5.75 Å². The number of ether oxygens (including phenoxy) is 1. The van der Waals surface area contributed by atoms with Gasteiger partial charge in [-0.3, -0.25) is 0 Å². The highest BCUT2D eigenvalue weighted by Crippen LogP contribution is 2.30. The maximum atomic E-state index is 11.9. The summed E-state index contributed by atoms with van der Waals surface area (Å²) >= 11 is 5.21. The van der Waals surface area contributed by atoms with Crippen LogP contribution in [0.1, 0.15) is 0 Å². The third kappa shape index (κ3) is 2.54. The SMILES string of the molecule is FC(F)(F)Oc1ccc2nc(S)sc2c1. The number of thiazole rings is 1. The van der Waals surface area contributed by atoms with Crippen LogP contribution in [-0.4, -0.2) is 11.3 Å². The van der Waals surface area contributed by atoms with Gasteiger partial charge in [0.25, 0.3) is 0 Å². The molecule has 0 radical (unpaired) electrons. The zero-order valence-corrected chi connectivity index (χ0v) is 8.79. The lowest BCUT2D eigenvalue weighted by Crippen LogP contribution is -2.16. The number of alkyl halides is 3. The number of thiol groups is 1. The summed E-state index contributed by atoms with van der Waals surface area (Å²) in [5, 5.41) is 0. The number of hydrogen-bond acceptors (Lipinski definition) is 4. The smallest absolute Gasteiger partial charge is 0.406 e. The number of rotatable bonds is 1. The highest BCUT2D eigenvalue weighted by atomic mass is 32.2. The van der Waals surface area contributed by atoms with Crippen molar-refractivity contribution >= 4 is 34.2 Å². The minimum Gasteiger partial charge on any atom is -0.406 e. The fraction of sp³-hybridized carbons (Fsp3) is 0.125. The van der Waals surface area contributed by atoms with Crippen LogP contribution >= 0.6 is 24.0 Å². The predicted octanol–water partition coefficient (Wildman–Crippen LogP) is 3.48. The molecule has 0 atom stereocenters. The number of halogens is 3. The van der Waals surface area contributed by atoms with Gasteiger partial charge in [0.15, 0.2) is 0 Å². The Morgan fingerprint density at radius 3 is 2.73 bits per heavy atom. The first kappa shape index (κ1) is 10.6. The van der Waals surface area contributed by atoms with E-state index >= 15 is 0 Å². The highest BCUT2D eigenvalue weighted by molar-refractivity contribution is 7.82. The van der Waals surface area contributed by atoms with Crippen molar-refractivity contribution in [1.82, 2.24) is 4.98 Å². The molecular formula is C8H4F3NOS2. The zero-order chi connectivity index (χ0) is 11.1. The van der Waals surface area contributed by atoms with Crippen molar-refractivity contribution in [2.45, 2.75) is 10.7 Å². The third-order valence-electron chi connectivity index (χ3n) is 1.58. The molecule has 0 amide bonds. The summed E-state index contributed by atoms with van der Waals surface area (Å²) in [7, 11) is 0. The monoisotopic (exact) mass is 251 g/mol. The number of nitrogens with zero attached hydrogens (tertiary/aromatic N) is 1. The molecule has 2 aromatic rings. The first-order valence-electron chi connectivity index (χ1n) is 3.79. The lowest BCUT2D eigenvalue weighted by molar-refractivity contribution is -0.274. The molecular weight excluding hydrogens is 247 g/mol. The summed E-state index contributed by atoms with van der Waals surface area (Å²) in [4.78, 5) is 4.00. The summed E-state index contributed by atoms with van der Waals surface area (Å²) in [5.74, 6) is -0.244. The van der Waals surface area contributed by atoms with Crippen LogP contribution in [0.25, 0.3) is 10.2 Å². The van der Waals surface area contributed by atoms with E-state index in [1.807, 2.05) is 0 Å². The molecule has 1 heterocycles. The molecule has 80 valence electrons. The summed E-state index contributed by atoms with van der Waals surface area (Å²) in [5.41, 5.74) is 0.611. The van der Waals surface area contributed by atoms with E-state index in [4.69, 9.17) is 0 Å². The van der Waals surface area contributed by atoms with Crippen molar-refractivity contribution in [1.29, 1.82) is 0 Å². The molecule has 2 nitrogen and oxygen atoms in total. The van der Waals surface area contributed by atoms with Gasteiger partial charge in [-0.1, -0.05) is 0 Å². The van der Waals surface area contributed by atoms with E-state index in [-0.39, 0.29) is 5.75 Å². The van der Waals surface area contributed by atoms with E-state index in [1.165, 1.54) is 29.5 Å². The van der Waals surface area contributed by atoms with Crippen LogP contribution in [0.2, 0.25) is 0 Å². The second-order valence-corrected chi connectivity index (χ2v) is 4.43. The molecule has 0 saturated heterocycles. The fourth-order valence-corrected chi connectivity index (χ4v) is 2.23. The number of benzene rings is 1. The maximum absolute atomic E-state index is 11.9. The van der Waals surface area contributed by atoms with Crippen molar-refractivity contribution < 1.29 is 17.9 Å². The Kier molecular flexibility index (Phi) is 2.51. The van der Waals surface area contributed by atoms with Gasteiger partial charge >= 0.3 is 6.36 Å². The number of fused-ring (bicyclic) bond motifs is 1. The quantitative estimate of drug-likeness (QED) is 0.784. The average molecular weight is 251 g/mol. The first-order valence-corrected chi connectivity index (χ1v) is 5.06. The lowest BCUT2D eigenvalue weighted by atomic mass is 10.3. The van der Waals surface area contributed by atoms with E-state index in [0.717, 1.165) is 0 Å². The van der Waals surface area contributed by atoms with Gasteiger partial charge in [0.1, 0.15) is 10.1 Å². The Balaban J connectivity index is 2.38. The minimum atomic E-state index is -4.66. The van der Waals surface area contributed by atoms with Crippen LogP contribution in [-0.2, 0) is 0 Å². The molecule has 0 saturated carbocycles. The van der Waals surface area contributed by atoms with E-state index in [0.29, 0.717) is 14.6 Å². The van der Waals surface area contributed by atoms with E-state index in [2.05, 4.69) is 22.3 Å². The molecule has 15 heavy (non-hydrogen) atoms. The third-order valence-corrected chi connectivity index (χ3v) is 2.78. The normalized spacial score (nSPS) is 12.0. The van der Waals surface area contributed by atoms with Gasteiger partial charge in [0, 0.05) is 0 Å².